The molecule has 0 saturated carbocycles. The third-order valence-corrected chi connectivity index (χ3v) is 1.94. The van der Waals surface area contributed by atoms with Crippen molar-refractivity contribution in [2.24, 2.45) is 11.8 Å². The van der Waals surface area contributed by atoms with Gasteiger partial charge in [-0.1, -0.05) is 38.2 Å². The fraction of sp³-hybridized carbons (Fsp3) is 0.600. The van der Waals surface area contributed by atoms with E-state index in [1.54, 1.807) is 0 Å². The first-order valence-electron chi connectivity index (χ1n) is 4.12. The minimum atomic E-state index is 0.740. The summed E-state index contributed by atoms with van der Waals surface area (Å²) < 4.78 is 0. The van der Waals surface area contributed by atoms with Crippen LogP contribution in [0.5, 0.6) is 0 Å². The van der Waals surface area contributed by atoms with E-state index in [1.807, 2.05) is 0 Å². The minimum Gasteiger partial charge on any atom is -0.0877 e. The van der Waals surface area contributed by atoms with Crippen molar-refractivity contribution in [1.29, 1.82) is 0 Å². The molecule has 1 aliphatic carbocycles. The molecule has 0 amide bonds. The molecule has 0 bridgehead atoms. The van der Waals surface area contributed by atoms with Crippen LogP contribution in [0.3, 0.4) is 0 Å². The van der Waals surface area contributed by atoms with Gasteiger partial charge in [0.25, 0.3) is 0 Å². The maximum Gasteiger partial charge on any atom is -0.0227 e. The van der Waals surface area contributed by atoms with Crippen LogP contribution in [0.4, 0.5) is 0 Å². The maximum absolute atomic E-state index is 2.32. The lowest BCUT2D eigenvalue weighted by Crippen LogP contribution is -1.93. The van der Waals surface area contributed by atoms with Gasteiger partial charge in [0.2, 0.25) is 0 Å². The zero-order valence-corrected chi connectivity index (χ0v) is 6.88. The van der Waals surface area contributed by atoms with Crippen LogP contribution in [0.25, 0.3) is 0 Å². The van der Waals surface area contributed by atoms with Gasteiger partial charge in [-0.25, -0.2) is 0 Å². The average Bonchev–Trinajstić information content (AvgIpc) is 1.84. The highest BCUT2D eigenvalue weighted by Crippen LogP contribution is 2.13. The largest absolute Gasteiger partial charge is 0.0877 e. The van der Waals surface area contributed by atoms with E-state index in [2.05, 4.69) is 38.2 Å². The van der Waals surface area contributed by atoms with E-state index in [0.29, 0.717) is 0 Å². The van der Waals surface area contributed by atoms with E-state index in [-0.39, 0.29) is 0 Å². The van der Waals surface area contributed by atoms with E-state index in [1.165, 1.54) is 12.8 Å². The molecule has 0 saturated heterocycles. The Morgan fingerprint density at radius 2 is 1.30 bits per heavy atom. The Hall–Kier alpha value is -0.520. The lowest BCUT2D eigenvalue weighted by Gasteiger charge is -2.08. The fourth-order valence-electron chi connectivity index (χ4n) is 1.21. The average molecular weight is 136 g/mol. The monoisotopic (exact) mass is 136 g/mol. The first-order valence-corrected chi connectivity index (χ1v) is 4.12. The van der Waals surface area contributed by atoms with Crippen molar-refractivity contribution < 1.29 is 0 Å². The van der Waals surface area contributed by atoms with Crippen LogP contribution in [-0.2, 0) is 0 Å². The van der Waals surface area contributed by atoms with Gasteiger partial charge < -0.3 is 0 Å². The van der Waals surface area contributed by atoms with Crippen molar-refractivity contribution in [1.82, 2.24) is 0 Å². The van der Waals surface area contributed by atoms with Crippen molar-refractivity contribution >= 4 is 0 Å². The fourth-order valence-corrected chi connectivity index (χ4v) is 1.21. The maximum atomic E-state index is 2.32. The van der Waals surface area contributed by atoms with Gasteiger partial charge in [0.05, 0.1) is 0 Å². The Balaban J connectivity index is 2.48. The van der Waals surface area contributed by atoms with Crippen LogP contribution in [0.15, 0.2) is 24.3 Å². The standard InChI is InChI=1S/C10H16/c1-9-5-3-7-10(2)8-4-6-9/h3-5,8-10H,6-7H2,1-2H3/b5-3-,8-4?. The molecule has 0 heterocycles. The summed E-state index contributed by atoms with van der Waals surface area (Å²) >= 11 is 0. The Labute approximate surface area is 63.6 Å². The molecule has 0 fully saturated rings. The molecule has 0 radical (unpaired) electrons. The summed E-state index contributed by atoms with van der Waals surface area (Å²) in [7, 11) is 0. The summed E-state index contributed by atoms with van der Waals surface area (Å²) in [6.45, 7) is 4.52. The lowest BCUT2D eigenvalue weighted by atomic mass is 9.98. The predicted molar refractivity (Wildman–Crippen MR) is 45.8 cm³/mol. The summed E-state index contributed by atoms with van der Waals surface area (Å²) in [6.07, 6.45) is 11.7. The summed E-state index contributed by atoms with van der Waals surface area (Å²) in [5.41, 5.74) is 0. The third kappa shape index (κ3) is 2.38. The van der Waals surface area contributed by atoms with Crippen molar-refractivity contribution in [2.45, 2.75) is 26.7 Å². The molecular formula is C10H16. The van der Waals surface area contributed by atoms with Crippen LogP contribution >= 0.6 is 0 Å². The molecule has 2 unspecified atom stereocenters. The highest BCUT2D eigenvalue weighted by Gasteiger charge is 1.99. The molecule has 1 aliphatic rings. The van der Waals surface area contributed by atoms with Gasteiger partial charge in [0, 0.05) is 0 Å². The van der Waals surface area contributed by atoms with Crippen LogP contribution in [-0.4, -0.2) is 0 Å². The van der Waals surface area contributed by atoms with Crippen LogP contribution in [0.2, 0.25) is 0 Å². The van der Waals surface area contributed by atoms with Gasteiger partial charge in [-0.05, 0) is 24.7 Å². The van der Waals surface area contributed by atoms with Crippen molar-refractivity contribution in [3.05, 3.63) is 24.3 Å². The normalized spacial score (nSPS) is 36.6. The van der Waals surface area contributed by atoms with E-state index in [0.717, 1.165) is 11.8 Å². The molecule has 0 aromatic heterocycles. The molecule has 0 aromatic carbocycles. The highest BCUT2D eigenvalue weighted by molar-refractivity contribution is 4.99. The molecule has 0 heteroatoms. The first-order chi connectivity index (χ1) is 4.79. The number of hydrogen-bond donors (Lipinski definition) is 0. The molecule has 2 atom stereocenters. The number of allylic oxidation sites excluding steroid dienone is 4. The number of hydrogen-bond acceptors (Lipinski definition) is 0. The van der Waals surface area contributed by atoms with E-state index in [9.17, 15) is 0 Å². The Morgan fingerprint density at radius 3 is 1.70 bits per heavy atom. The van der Waals surface area contributed by atoms with Gasteiger partial charge >= 0.3 is 0 Å². The van der Waals surface area contributed by atoms with Crippen molar-refractivity contribution in [2.75, 3.05) is 0 Å². The summed E-state index contributed by atoms with van der Waals surface area (Å²) in [5.74, 6) is 1.48. The predicted octanol–water partition coefficient (Wildman–Crippen LogP) is 3.16. The smallest absolute Gasteiger partial charge is 0.0227 e. The van der Waals surface area contributed by atoms with Crippen molar-refractivity contribution in [3.63, 3.8) is 0 Å². The quantitative estimate of drug-likeness (QED) is 0.449. The van der Waals surface area contributed by atoms with E-state index in [4.69, 9.17) is 0 Å². The third-order valence-electron chi connectivity index (χ3n) is 1.94. The lowest BCUT2D eigenvalue weighted by molar-refractivity contribution is 0.681. The summed E-state index contributed by atoms with van der Waals surface area (Å²) in [4.78, 5) is 0. The molecular weight excluding hydrogens is 120 g/mol. The molecule has 0 N–H and O–H groups in total. The van der Waals surface area contributed by atoms with Gasteiger partial charge in [-0.15, -0.1) is 0 Å². The van der Waals surface area contributed by atoms with Gasteiger partial charge in [-0.2, -0.15) is 0 Å². The molecule has 0 aromatic rings. The van der Waals surface area contributed by atoms with Crippen LogP contribution < -0.4 is 0 Å². The first kappa shape index (κ1) is 7.59. The Morgan fingerprint density at radius 1 is 0.900 bits per heavy atom. The zero-order valence-electron chi connectivity index (χ0n) is 6.88. The minimum absolute atomic E-state index is 0.740. The molecule has 0 nitrogen and oxygen atoms in total. The Bertz CT molecular complexity index is 124. The van der Waals surface area contributed by atoms with Gasteiger partial charge in [0.15, 0.2) is 0 Å². The zero-order chi connectivity index (χ0) is 7.40. The van der Waals surface area contributed by atoms with Gasteiger partial charge in [0.1, 0.15) is 0 Å². The van der Waals surface area contributed by atoms with Crippen molar-refractivity contribution in [3.8, 4) is 0 Å². The molecule has 10 heavy (non-hydrogen) atoms. The van der Waals surface area contributed by atoms with Gasteiger partial charge in [-0.3, -0.25) is 0 Å². The molecule has 0 aliphatic heterocycles. The Kier molecular flexibility index (Phi) is 2.73. The molecule has 0 spiro atoms. The molecule has 56 valence electrons. The SMILES string of the molecule is CC1C=CCC(C)/C=C\C1. The topological polar surface area (TPSA) is 0 Å². The second-order valence-corrected chi connectivity index (χ2v) is 3.28. The molecule has 1 rings (SSSR count). The van der Waals surface area contributed by atoms with E-state index < -0.39 is 0 Å². The summed E-state index contributed by atoms with van der Waals surface area (Å²) in [5, 5.41) is 0. The van der Waals surface area contributed by atoms with Crippen LogP contribution in [0, 0.1) is 11.8 Å². The van der Waals surface area contributed by atoms with Crippen LogP contribution in [0.1, 0.15) is 26.7 Å². The number of rotatable bonds is 0. The second-order valence-electron chi connectivity index (χ2n) is 3.28. The second kappa shape index (κ2) is 3.60. The van der Waals surface area contributed by atoms with E-state index >= 15 is 0 Å². The summed E-state index contributed by atoms with van der Waals surface area (Å²) in [6, 6.07) is 0. The highest BCUT2D eigenvalue weighted by atomic mass is 14.0.